The SMILES string of the molecule is COc1cc(-c2cn(C(C)C)c(=O)c3cnccc23)cc(OC)c1C(=O)N1CCC2(CCC(CN3Cc4cc5c(cc4C3)C(=O)N(C3CCC(=O)NC3=O)C5=O)CC2)CC1. The number of pyridine rings is 2. The lowest BCUT2D eigenvalue weighted by Gasteiger charge is -2.46. The average molecular weight is 815 g/mol. The number of likely N-dealkylation sites (tertiary alicyclic amines) is 1. The number of aromatic nitrogens is 2. The fourth-order valence-electron chi connectivity index (χ4n) is 10.3. The number of ether oxygens (including phenoxy) is 2. The molecule has 14 nitrogen and oxygen atoms in total. The largest absolute Gasteiger partial charge is 0.496 e. The van der Waals surface area contributed by atoms with Crippen LogP contribution in [0.1, 0.15) is 113 Å². The fourth-order valence-corrected chi connectivity index (χ4v) is 10.3. The molecule has 60 heavy (non-hydrogen) atoms. The number of carbonyl (C=O) groups is 5. The topological polar surface area (TPSA) is 160 Å². The summed E-state index contributed by atoms with van der Waals surface area (Å²) in [7, 11) is 3.12. The second kappa shape index (κ2) is 15.3. The minimum atomic E-state index is -0.970. The molecular weight excluding hydrogens is 765 g/mol. The van der Waals surface area contributed by atoms with Crippen molar-refractivity contribution in [2.24, 2.45) is 11.3 Å². The van der Waals surface area contributed by atoms with E-state index in [-0.39, 0.29) is 35.8 Å². The number of imide groups is 2. The lowest BCUT2D eigenvalue weighted by atomic mass is 9.65. The molecule has 0 bridgehead atoms. The Morgan fingerprint density at radius 1 is 0.850 bits per heavy atom. The number of methoxy groups -OCH3 is 2. The highest BCUT2D eigenvalue weighted by molar-refractivity contribution is 6.23. The number of nitrogens with one attached hydrogen (secondary N) is 1. The van der Waals surface area contributed by atoms with Gasteiger partial charge >= 0.3 is 0 Å². The highest BCUT2D eigenvalue weighted by Gasteiger charge is 2.46. The van der Waals surface area contributed by atoms with Gasteiger partial charge in [0.25, 0.3) is 23.3 Å². The number of carbonyl (C=O) groups excluding carboxylic acids is 5. The van der Waals surface area contributed by atoms with Crippen molar-refractivity contribution >= 4 is 40.3 Å². The molecule has 1 saturated carbocycles. The Labute approximate surface area is 347 Å². The summed E-state index contributed by atoms with van der Waals surface area (Å²) < 4.78 is 13.4. The van der Waals surface area contributed by atoms with E-state index in [0.717, 1.165) is 77.6 Å². The molecule has 1 atom stereocenters. The Balaban J connectivity index is 0.826. The molecule has 3 fully saturated rings. The predicted octanol–water partition coefficient (Wildman–Crippen LogP) is 5.49. The van der Waals surface area contributed by atoms with Crippen LogP contribution in [-0.4, -0.2) is 93.7 Å². The van der Waals surface area contributed by atoms with Crippen molar-refractivity contribution in [1.29, 1.82) is 0 Å². The Morgan fingerprint density at radius 2 is 1.48 bits per heavy atom. The van der Waals surface area contributed by atoms with Gasteiger partial charge in [0.15, 0.2) is 0 Å². The zero-order valence-corrected chi connectivity index (χ0v) is 34.5. The van der Waals surface area contributed by atoms with Gasteiger partial charge in [0.2, 0.25) is 11.8 Å². The van der Waals surface area contributed by atoms with E-state index >= 15 is 0 Å². The molecule has 4 aliphatic heterocycles. The maximum Gasteiger partial charge on any atom is 0.262 e. The molecule has 14 heteroatoms. The highest BCUT2D eigenvalue weighted by atomic mass is 16.5. The van der Waals surface area contributed by atoms with Crippen molar-refractivity contribution in [3.63, 3.8) is 0 Å². The van der Waals surface area contributed by atoms with Crippen LogP contribution in [0, 0.1) is 11.3 Å². The van der Waals surface area contributed by atoms with Crippen LogP contribution in [-0.2, 0) is 22.7 Å². The maximum atomic E-state index is 14.3. The molecule has 9 rings (SSSR count). The third kappa shape index (κ3) is 6.74. The predicted molar refractivity (Wildman–Crippen MR) is 222 cm³/mol. The fraction of sp³-hybridized carbons (Fsp3) is 0.457. The van der Waals surface area contributed by atoms with Gasteiger partial charge in [-0.25, -0.2) is 0 Å². The number of piperidine rings is 2. The Bertz CT molecular complexity index is 2460. The Hall–Kier alpha value is -5.89. The number of fused-ring (bicyclic) bond motifs is 3. The first-order chi connectivity index (χ1) is 28.9. The molecule has 5 aliphatic rings. The van der Waals surface area contributed by atoms with Crippen molar-refractivity contribution in [2.45, 2.75) is 90.4 Å². The van der Waals surface area contributed by atoms with Gasteiger partial charge in [-0.2, -0.15) is 0 Å². The molecule has 0 radical (unpaired) electrons. The number of nitrogens with zero attached hydrogens (tertiary/aromatic N) is 5. The molecule has 2 aromatic heterocycles. The van der Waals surface area contributed by atoms with Gasteiger partial charge in [-0.05, 0) is 123 Å². The summed E-state index contributed by atoms with van der Waals surface area (Å²) in [6.07, 6.45) is 11.6. The van der Waals surface area contributed by atoms with Gasteiger partial charge in [-0.15, -0.1) is 0 Å². The van der Waals surface area contributed by atoms with Crippen molar-refractivity contribution < 1.29 is 33.4 Å². The van der Waals surface area contributed by atoms with E-state index in [1.54, 1.807) is 31.2 Å². The molecular formula is C46H50N6O8. The summed E-state index contributed by atoms with van der Waals surface area (Å²) in [6, 6.07) is 8.16. The van der Waals surface area contributed by atoms with Crippen LogP contribution in [0.5, 0.6) is 11.5 Å². The van der Waals surface area contributed by atoms with Gasteiger partial charge < -0.3 is 18.9 Å². The first kappa shape index (κ1) is 39.6. The highest BCUT2D eigenvalue weighted by Crippen LogP contribution is 2.48. The second-order valence-electron chi connectivity index (χ2n) is 17.5. The Morgan fingerprint density at radius 3 is 2.07 bits per heavy atom. The molecule has 6 heterocycles. The molecule has 4 aromatic rings. The lowest BCUT2D eigenvalue weighted by molar-refractivity contribution is -0.136. The molecule has 1 aliphatic carbocycles. The first-order valence-electron chi connectivity index (χ1n) is 21.0. The summed E-state index contributed by atoms with van der Waals surface area (Å²) >= 11 is 0. The summed E-state index contributed by atoms with van der Waals surface area (Å²) in [5.74, 6) is -0.688. The van der Waals surface area contributed by atoms with E-state index in [1.807, 2.05) is 55.3 Å². The lowest BCUT2D eigenvalue weighted by Crippen LogP contribution is -2.54. The zero-order valence-electron chi connectivity index (χ0n) is 34.5. The maximum absolute atomic E-state index is 14.3. The number of hydrogen-bond donors (Lipinski definition) is 1. The van der Waals surface area contributed by atoms with E-state index < -0.39 is 29.7 Å². The monoisotopic (exact) mass is 814 g/mol. The quantitative estimate of drug-likeness (QED) is 0.226. The van der Waals surface area contributed by atoms with Crippen LogP contribution in [0.25, 0.3) is 21.9 Å². The number of benzene rings is 2. The van der Waals surface area contributed by atoms with E-state index in [9.17, 15) is 28.8 Å². The minimum absolute atomic E-state index is 0.0698. The van der Waals surface area contributed by atoms with Crippen molar-refractivity contribution in [1.82, 2.24) is 29.6 Å². The number of amides is 5. The van der Waals surface area contributed by atoms with Gasteiger partial charge in [-0.3, -0.25) is 48.9 Å². The number of hydrogen-bond acceptors (Lipinski definition) is 10. The summed E-state index contributed by atoms with van der Waals surface area (Å²) in [5.41, 5.74) is 4.81. The average Bonchev–Trinajstić information content (AvgIpc) is 3.75. The van der Waals surface area contributed by atoms with Gasteiger partial charge in [0, 0.05) is 69.3 Å². The van der Waals surface area contributed by atoms with E-state index in [2.05, 4.69) is 15.2 Å². The van der Waals surface area contributed by atoms with Crippen LogP contribution >= 0.6 is 0 Å². The molecule has 1 spiro atoms. The smallest absolute Gasteiger partial charge is 0.262 e. The molecule has 1 N–H and O–H groups in total. The van der Waals surface area contributed by atoms with Crippen molar-refractivity contribution in [2.75, 3.05) is 33.9 Å². The molecule has 2 aromatic carbocycles. The third-order valence-corrected chi connectivity index (χ3v) is 13.8. The second-order valence-corrected chi connectivity index (χ2v) is 17.5. The van der Waals surface area contributed by atoms with Crippen LogP contribution in [0.4, 0.5) is 0 Å². The summed E-state index contributed by atoms with van der Waals surface area (Å²) in [5, 5.41) is 3.53. The van der Waals surface area contributed by atoms with E-state index in [0.29, 0.717) is 65.7 Å². The van der Waals surface area contributed by atoms with Crippen LogP contribution in [0.3, 0.4) is 0 Å². The number of rotatable bonds is 8. The molecule has 312 valence electrons. The van der Waals surface area contributed by atoms with Gasteiger partial charge in [0.1, 0.15) is 23.1 Å². The van der Waals surface area contributed by atoms with Crippen molar-refractivity contribution in [3.8, 4) is 22.6 Å². The third-order valence-electron chi connectivity index (χ3n) is 13.8. The summed E-state index contributed by atoms with van der Waals surface area (Å²) in [6.45, 7) is 7.57. The molecule has 1 unspecified atom stereocenters. The normalized spacial score (nSPS) is 20.6. The van der Waals surface area contributed by atoms with Gasteiger partial charge in [-0.1, -0.05) is 0 Å². The molecule has 2 saturated heterocycles. The zero-order chi connectivity index (χ0) is 42.0. The van der Waals surface area contributed by atoms with Gasteiger partial charge in [0.05, 0.1) is 30.7 Å². The van der Waals surface area contributed by atoms with Crippen LogP contribution < -0.4 is 20.3 Å². The minimum Gasteiger partial charge on any atom is -0.496 e. The van der Waals surface area contributed by atoms with Crippen molar-refractivity contribution in [3.05, 3.63) is 87.1 Å². The van der Waals surface area contributed by atoms with E-state index in [1.165, 1.54) is 0 Å². The van der Waals surface area contributed by atoms with Crippen LogP contribution in [0.15, 0.2) is 53.7 Å². The standard InChI is InChI=1S/C46H50N6O8/c1-26(2)51-25-35(31-9-14-47-21-34(31)42(51)55)28-19-37(59-3)40(38(20-28)60-4)45(58)50-15-12-46(13-16-50)10-7-27(8-11-46)22-49-23-29-17-32-33(18-30(29)24-49)44(57)52(43(32)56)36-5-6-39(53)48-41(36)54/h9,14,17-21,25-27,36H,5-8,10-13,15-16,22-24H2,1-4H3,(H,48,53,54). The van der Waals surface area contributed by atoms with E-state index in [4.69, 9.17) is 9.47 Å². The Kier molecular flexibility index (Phi) is 10.1. The summed E-state index contributed by atoms with van der Waals surface area (Å²) in [4.78, 5) is 88.0. The van der Waals surface area contributed by atoms with Crippen LogP contribution in [0.2, 0.25) is 0 Å². The first-order valence-corrected chi connectivity index (χ1v) is 21.0. The molecule has 5 amide bonds.